The van der Waals surface area contributed by atoms with Crippen molar-refractivity contribution >= 4 is 5.97 Å². The number of hydrogen-bond donors (Lipinski definition) is 1. The third kappa shape index (κ3) is 463. The first-order valence-electron chi connectivity index (χ1n) is 1.12. The molecule has 0 spiro atoms. The predicted molar refractivity (Wildman–Crippen MR) is 39.5 cm³/mol. The van der Waals surface area contributed by atoms with Crippen LogP contribution >= 0.6 is 0 Å². The molecule has 0 amide bonds. The second-order valence-electron chi connectivity index (χ2n) is 0.542. The molecule has 0 aromatic heterocycles. The first kappa shape index (κ1) is 90.9. The summed E-state index contributed by atoms with van der Waals surface area (Å²) in [7, 11) is 0. The summed E-state index contributed by atoms with van der Waals surface area (Å²) in [6.07, 6.45) is 0.833. The van der Waals surface area contributed by atoms with Crippen molar-refractivity contribution in [2.75, 3.05) is 0 Å². The molecule has 0 atom stereocenters. The normalized spacial score (nSPS) is 2.91. The van der Waals surface area contributed by atoms with Gasteiger partial charge in [-0.1, -0.05) is 6.58 Å². The molecule has 76 valence electrons. The van der Waals surface area contributed by atoms with Crippen molar-refractivity contribution in [3.63, 3.8) is 0 Å². The van der Waals surface area contributed by atoms with Gasteiger partial charge in [-0.3, -0.25) is 0 Å². The minimum atomic E-state index is -0.981. The van der Waals surface area contributed by atoms with Crippen LogP contribution in [0.3, 0.4) is 0 Å². The molecule has 0 aliphatic heterocycles. The molecule has 0 radical (unpaired) electrons. The summed E-state index contributed by atoms with van der Waals surface area (Å²) < 4.78 is 0. The standard InChI is InChI=1S/C3H4O2.6H2O/c1-2-3(4)5;;;;;;/h2H,1H2,(H,4,5);6*1H2. The number of carboxylic acid groups (broad SMARTS) is 1. The lowest BCUT2D eigenvalue weighted by Gasteiger charge is -1.64. The molecule has 8 nitrogen and oxygen atoms in total. The highest BCUT2D eigenvalue weighted by atomic mass is 16.4. The Morgan fingerprint density at radius 2 is 1.09 bits per heavy atom. The highest BCUT2D eigenvalue weighted by molar-refractivity contribution is 5.78. The Balaban J connectivity index is -0.00000000533. The van der Waals surface area contributed by atoms with E-state index in [2.05, 4.69) is 6.58 Å². The van der Waals surface area contributed by atoms with Gasteiger partial charge in [0.15, 0.2) is 0 Å². The van der Waals surface area contributed by atoms with Crippen molar-refractivity contribution in [2.45, 2.75) is 0 Å². The maximum absolute atomic E-state index is 9.25. The van der Waals surface area contributed by atoms with E-state index in [9.17, 15) is 4.79 Å². The Kier molecular flexibility index (Phi) is 534. The number of carbonyl (C=O) groups is 1. The van der Waals surface area contributed by atoms with Gasteiger partial charge in [0.25, 0.3) is 0 Å². The van der Waals surface area contributed by atoms with Crippen LogP contribution in [-0.4, -0.2) is 43.9 Å². The highest BCUT2D eigenvalue weighted by Crippen LogP contribution is 1.54. The Hall–Kier alpha value is -1.03. The Morgan fingerprint density at radius 1 is 1.00 bits per heavy atom. The monoisotopic (exact) mass is 180 g/mol. The lowest BCUT2D eigenvalue weighted by molar-refractivity contribution is -0.131. The molecule has 0 aromatic rings. The van der Waals surface area contributed by atoms with Crippen LogP contribution in [-0.2, 0) is 4.79 Å². The third-order valence-corrected chi connectivity index (χ3v) is 0.175. The second kappa shape index (κ2) is 64.6. The van der Waals surface area contributed by atoms with Crippen LogP contribution in [0.4, 0.5) is 0 Å². The molecule has 0 aromatic carbocycles. The van der Waals surface area contributed by atoms with E-state index in [1.54, 1.807) is 0 Å². The molecule has 11 heavy (non-hydrogen) atoms. The van der Waals surface area contributed by atoms with Crippen molar-refractivity contribution < 1.29 is 42.8 Å². The molecule has 0 saturated carbocycles. The largest absolute Gasteiger partial charge is 0.478 e. The van der Waals surface area contributed by atoms with Crippen LogP contribution in [0.5, 0.6) is 0 Å². The summed E-state index contributed by atoms with van der Waals surface area (Å²) in [5, 5.41) is 7.60. The number of rotatable bonds is 1. The van der Waals surface area contributed by atoms with Gasteiger partial charge in [0.1, 0.15) is 0 Å². The van der Waals surface area contributed by atoms with Crippen LogP contribution in [0, 0.1) is 0 Å². The van der Waals surface area contributed by atoms with Crippen LogP contribution < -0.4 is 0 Å². The molecule has 8 heteroatoms. The lowest BCUT2D eigenvalue weighted by atomic mass is 10.7. The highest BCUT2D eigenvalue weighted by Gasteiger charge is 1.73. The molecule has 0 aliphatic carbocycles. The molecule has 0 fully saturated rings. The van der Waals surface area contributed by atoms with Crippen LogP contribution in [0.2, 0.25) is 0 Å². The summed E-state index contributed by atoms with van der Waals surface area (Å²) >= 11 is 0. The summed E-state index contributed by atoms with van der Waals surface area (Å²) in [6, 6.07) is 0. The maximum atomic E-state index is 9.25. The van der Waals surface area contributed by atoms with E-state index < -0.39 is 5.97 Å². The fraction of sp³-hybridized carbons (Fsp3) is 0. The summed E-state index contributed by atoms with van der Waals surface area (Å²) in [6.45, 7) is 2.96. The van der Waals surface area contributed by atoms with Crippen molar-refractivity contribution in [3.05, 3.63) is 12.7 Å². The second-order valence-corrected chi connectivity index (χ2v) is 0.542. The van der Waals surface area contributed by atoms with Gasteiger partial charge in [-0.05, 0) is 0 Å². The molecule has 0 aliphatic rings. The zero-order valence-electron chi connectivity index (χ0n) is 5.64. The average Bonchev–Trinajstić information content (AvgIpc) is 1.38. The van der Waals surface area contributed by atoms with Gasteiger partial charge in [-0.2, -0.15) is 0 Å². The minimum absolute atomic E-state index is 0. The molecular weight excluding hydrogens is 164 g/mol. The fourth-order valence-corrected chi connectivity index (χ4v) is 0. The third-order valence-electron chi connectivity index (χ3n) is 0.175. The van der Waals surface area contributed by atoms with E-state index >= 15 is 0 Å². The van der Waals surface area contributed by atoms with Crippen LogP contribution in [0.25, 0.3) is 0 Å². The topological polar surface area (TPSA) is 226 Å². The Morgan fingerprint density at radius 3 is 1.09 bits per heavy atom. The van der Waals surface area contributed by atoms with E-state index in [-0.39, 0.29) is 32.9 Å². The van der Waals surface area contributed by atoms with E-state index in [1.165, 1.54) is 0 Å². The van der Waals surface area contributed by atoms with Gasteiger partial charge in [0, 0.05) is 6.08 Å². The first-order chi connectivity index (χ1) is 2.27. The molecule has 13 N–H and O–H groups in total. The van der Waals surface area contributed by atoms with E-state index in [4.69, 9.17) is 5.11 Å². The first-order valence-corrected chi connectivity index (χ1v) is 1.12. The molecule has 0 bridgehead atoms. The molecular formula is C3H16O8. The van der Waals surface area contributed by atoms with Gasteiger partial charge in [0.2, 0.25) is 0 Å². The maximum Gasteiger partial charge on any atom is 0.327 e. The zero-order valence-corrected chi connectivity index (χ0v) is 5.64. The van der Waals surface area contributed by atoms with E-state index in [0.29, 0.717) is 0 Å². The SMILES string of the molecule is C=CC(=O)O.O.O.O.O.O.O. The fourth-order valence-electron chi connectivity index (χ4n) is 0. The minimum Gasteiger partial charge on any atom is -0.478 e. The molecule has 0 unspecified atom stereocenters. The van der Waals surface area contributed by atoms with Gasteiger partial charge >= 0.3 is 5.97 Å². The van der Waals surface area contributed by atoms with Gasteiger partial charge in [0.05, 0.1) is 0 Å². The van der Waals surface area contributed by atoms with Gasteiger partial charge in [-0.15, -0.1) is 0 Å². The number of hydrogen-bond acceptors (Lipinski definition) is 1. The summed E-state index contributed by atoms with van der Waals surface area (Å²) in [5.41, 5.74) is 0. The van der Waals surface area contributed by atoms with Crippen LogP contribution in [0.15, 0.2) is 12.7 Å². The Bertz CT molecular complexity index is 60.4. The summed E-state index contributed by atoms with van der Waals surface area (Å²) in [5.74, 6) is -0.981. The van der Waals surface area contributed by atoms with Crippen molar-refractivity contribution in [1.29, 1.82) is 0 Å². The van der Waals surface area contributed by atoms with Crippen molar-refractivity contribution in [3.8, 4) is 0 Å². The van der Waals surface area contributed by atoms with E-state index in [0.717, 1.165) is 6.08 Å². The van der Waals surface area contributed by atoms with E-state index in [1.807, 2.05) is 0 Å². The number of carboxylic acids is 1. The zero-order chi connectivity index (χ0) is 4.28. The van der Waals surface area contributed by atoms with Crippen LogP contribution in [0.1, 0.15) is 0 Å². The lowest BCUT2D eigenvalue weighted by Crippen LogP contribution is -1.82. The smallest absolute Gasteiger partial charge is 0.327 e. The van der Waals surface area contributed by atoms with Gasteiger partial charge < -0.3 is 38.0 Å². The molecule has 0 heterocycles. The quantitative estimate of drug-likeness (QED) is 0.392. The van der Waals surface area contributed by atoms with Crippen molar-refractivity contribution in [2.24, 2.45) is 0 Å². The number of aliphatic carboxylic acids is 1. The molecule has 0 saturated heterocycles. The van der Waals surface area contributed by atoms with Crippen molar-refractivity contribution in [1.82, 2.24) is 0 Å². The van der Waals surface area contributed by atoms with Gasteiger partial charge in [-0.25, -0.2) is 4.79 Å². The Labute approximate surface area is 62.6 Å². The summed E-state index contributed by atoms with van der Waals surface area (Å²) in [4.78, 5) is 9.25. The predicted octanol–water partition coefficient (Wildman–Crippen LogP) is -4.69. The molecule has 0 rings (SSSR count). The average molecular weight is 180 g/mol.